The number of nitrogens with zero attached hydrogens (tertiary/aromatic N) is 2. The molecule has 3 heteroatoms. The Balaban J connectivity index is 2.43. The predicted molar refractivity (Wildman–Crippen MR) is 81.2 cm³/mol. The molecule has 19 heavy (non-hydrogen) atoms. The Labute approximate surface area is 117 Å². The van der Waals surface area contributed by atoms with Gasteiger partial charge in [-0.1, -0.05) is 44.2 Å². The van der Waals surface area contributed by atoms with E-state index in [2.05, 4.69) is 47.9 Å². The molecule has 0 fully saturated rings. The molecule has 1 aromatic carbocycles. The first kappa shape index (κ1) is 16.2. The van der Waals surface area contributed by atoms with E-state index < -0.39 is 0 Å². The molecule has 0 unspecified atom stereocenters. The van der Waals surface area contributed by atoms with Gasteiger partial charge < -0.3 is 10.0 Å². The van der Waals surface area contributed by atoms with Crippen LogP contribution in [0.15, 0.2) is 30.3 Å². The second-order valence-corrected chi connectivity index (χ2v) is 4.92. The summed E-state index contributed by atoms with van der Waals surface area (Å²) in [4.78, 5) is 4.79. The van der Waals surface area contributed by atoms with Crippen LogP contribution in [0.2, 0.25) is 0 Å². The van der Waals surface area contributed by atoms with Gasteiger partial charge in [0, 0.05) is 26.2 Å². The lowest BCUT2D eigenvalue weighted by atomic mass is 10.2. The van der Waals surface area contributed by atoms with Crippen LogP contribution < -0.4 is 0 Å². The second kappa shape index (κ2) is 9.96. The van der Waals surface area contributed by atoms with Crippen LogP contribution in [-0.4, -0.2) is 54.2 Å². The van der Waals surface area contributed by atoms with E-state index >= 15 is 0 Å². The van der Waals surface area contributed by atoms with Crippen LogP contribution in [0.1, 0.15) is 25.8 Å². The van der Waals surface area contributed by atoms with Gasteiger partial charge in [-0.05, 0) is 25.1 Å². The number of aliphatic hydroxyl groups excluding tert-OH is 1. The van der Waals surface area contributed by atoms with Crippen molar-refractivity contribution in [3.63, 3.8) is 0 Å². The minimum absolute atomic E-state index is 0.229. The lowest BCUT2D eigenvalue weighted by molar-refractivity contribution is 0.165. The fraction of sp³-hybridized carbons (Fsp3) is 0.625. The zero-order valence-corrected chi connectivity index (χ0v) is 12.4. The monoisotopic (exact) mass is 264 g/mol. The molecular formula is C16H28N2O. The topological polar surface area (TPSA) is 26.7 Å². The number of aliphatic hydroxyl groups is 1. The summed E-state index contributed by atoms with van der Waals surface area (Å²) in [6, 6.07) is 10.5. The van der Waals surface area contributed by atoms with Crippen molar-refractivity contribution in [2.45, 2.75) is 26.8 Å². The largest absolute Gasteiger partial charge is 0.395 e. The minimum atomic E-state index is 0.229. The van der Waals surface area contributed by atoms with Crippen LogP contribution >= 0.6 is 0 Å². The summed E-state index contributed by atoms with van der Waals surface area (Å²) >= 11 is 0. The molecule has 108 valence electrons. The quantitative estimate of drug-likeness (QED) is 0.702. The summed E-state index contributed by atoms with van der Waals surface area (Å²) < 4.78 is 0. The Bertz CT molecular complexity index is 316. The van der Waals surface area contributed by atoms with Crippen LogP contribution in [-0.2, 0) is 6.54 Å². The van der Waals surface area contributed by atoms with Crippen LogP contribution in [0.25, 0.3) is 0 Å². The highest BCUT2D eigenvalue weighted by Crippen LogP contribution is 2.04. The van der Waals surface area contributed by atoms with Crippen molar-refractivity contribution in [1.29, 1.82) is 0 Å². The molecule has 0 aromatic heterocycles. The third-order valence-corrected chi connectivity index (χ3v) is 3.38. The van der Waals surface area contributed by atoms with Gasteiger partial charge in [0.05, 0.1) is 6.61 Å². The average Bonchev–Trinajstić information content (AvgIpc) is 2.44. The molecule has 0 saturated heterocycles. The molecule has 0 saturated carbocycles. The van der Waals surface area contributed by atoms with E-state index in [1.807, 2.05) is 6.07 Å². The Morgan fingerprint density at radius 1 is 0.895 bits per heavy atom. The zero-order chi connectivity index (χ0) is 13.9. The summed E-state index contributed by atoms with van der Waals surface area (Å²) in [5, 5.41) is 9.19. The highest BCUT2D eigenvalue weighted by Gasteiger charge is 2.08. The van der Waals surface area contributed by atoms with Crippen molar-refractivity contribution >= 4 is 0 Å². The standard InChI is InChI=1S/C16H28N2O/c1-3-10-17(4-2)11-12-18(13-14-19)15-16-8-6-5-7-9-16/h5-9,19H,3-4,10-15H2,1-2H3. The van der Waals surface area contributed by atoms with Crippen LogP contribution in [0.3, 0.4) is 0 Å². The molecule has 0 bridgehead atoms. The lowest BCUT2D eigenvalue weighted by Gasteiger charge is -2.26. The number of benzene rings is 1. The fourth-order valence-corrected chi connectivity index (χ4v) is 2.28. The Morgan fingerprint density at radius 3 is 2.16 bits per heavy atom. The van der Waals surface area contributed by atoms with E-state index in [9.17, 15) is 5.11 Å². The van der Waals surface area contributed by atoms with Crippen LogP contribution in [0.4, 0.5) is 0 Å². The SMILES string of the molecule is CCCN(CC)CCN(CCO)Cc1ccccc1. The maximum absolute atomic E-state index is 9.19. The normalized spacial score (nSPS) is 11.4. The van der Waals surface area contributed by atoms with Crippen molar-refractivity contribution in [2.75, 3.05) is 39.3 Å². The van der Waals surface area contributed by atoms with Gasteiger partial charge in [0.25, 0.3) is 0 Å². The Kier molecular flexibility index (Phi) is 8.47. The van der Waals surface area contributed by atoms with Crippen LogP contribution in [0, 0.1) is 0 Å². The van der Waals surface area contributed by atoms with E-state index in [0.29, 0.717) is 0 Å². The molecule has 0 spiro atoms. The van der Waals surface area contributed by atoms with E-state index in [1.165, 1.54) is 12.0 Å². The first-order valence-corrected chi connectivity index (χ1v) is 7.39. The van der Waals surface area contributed by atoms with Gasteiger partial charge in [-0.3, -0.25) is 4.90 Å². The molecule has 1 aromatic rings. The summed E-state index contributed by atoms with van der Waals surface area (Å²) in [5.74, 6) is 0. The van der Waals surface area contributed by atoms with E-state index in [-0.39, 0.29) is 6.61 Å². The van der Waals surface area contributed by atoms with Gasteiger partial charge in [-0.15, -0.1) is 0 Å². The van der Waals surface area contributed by atoms with Gasteiger partial charge in [0.1, 0.15) is 0 Å². The maximum Gasteiger partial charge on any atom is 0.0558 e. The third-order valence-electron chi connectivity index (χ3n) is 3.38. The molecule has 3 nitrogen and oxygen atoms in total. The summed E-state index contributed by atoms with van der Waals surface area (Å²) in [6.45, 7) is 10.7. The fourth-order valence-electron chi connectivity index (χ4n) is 2.28. The maximum atomic E-state index is 9.19. The Hall–Kier alpha value is -0.900. The second-order valence-electron chi connectivity index (χ2n) is 4.92. The highest BCUT2D eigenvalue weighted by molar-refractivity contribution is 5.14. The summed E-state index contributed by atoms with van der Waals surface area (Å²) in [5.41, 5.74) is 1.31. The molecule has 0 aliphatic heterocycles. The molecule has 1 N–H and O–H groups in total. The molecular weight excluding hydrogens is 236 g/mol. The number of rotatable bonds is 10. The predicted octanol–water partition coefficient (Wildman–Crippen LogP) is 2.21. The van der Waals surface area contributed by atoms with E-state index in [0.717, 1.165) is 39.3 Å². The molecule has 0 radical (unpaired) electrons. The van der Waals surface area contributed by atoms with Crippen LogP contribution in [0.5, 0.6) is 0 Å². The average molecular weight is 264 g/mol. The molecule has 0 amide bonds. The zero-order valence-electron chi connectivity index (χ0n) is 12.4. The summed E-state index contributed by atoms with van der Waals surface area (Å²) in [6.07, 6.45) is 1.20. The lowest BCUT2D eigenvalue weighted by Crippen LogP contribution is -2.36. The van der Waals surface area contributed by atoms with Crippen molar-refractivity contribution < 1.29 is 5.11 Å². The molecule has 0 aliphatic rings. The molecule has 0 heterocycles. The molecule has 0 aliphatic carbocycles. The first-order valence-electron chi connectivity index (χ1n) is 7.39. The first-order chi connectivity index (χ1) is 9.30. The van der Waals surface area contributed by atoms with Gasteiger partial charge >= 0.3 is 0 Å². The number of hydrogen-bond acceptors (Lipinski definition) is 3. The van der Waals surface area contributed by atoms with Gasteiger partial charge in [-0.25, -0.2) is 0 Å². The molecule has 1 rings (SSSR count). The highest BCUT2D eigenvalue weighted by atomic mass is 16.3. The van der Waals surface area contributed by atoms with Gasteiger partial charge in [0.2, 0.25) is 0 Å². The van der Waals surface area contributed by atoms with Crippen molar-refractivity contribution in [1.82, 2.24) is 9.80 Å². The number of hydrogen-bond donors (Lipinski definition) is 1. The van der Waals surface area contributed by atoms with Gasteiger partial charge in [0.15, 0.2) is 0 Å². The Morgan fingerprint density at radius 2 is 1.58 bits per heavy atom. The molecule has 0 atom stereocenters. The van der Waals surface area contributed by atoms with Gasteiger partial charge in [-0.2, -0.15) is 0 Å². The summed E-state index contributed by atoms with van der Waals surface area (Å²) in [7, 11) is 0. The van der Waals surface area contributed by atoms with E-state index in [4.69, 9.17) is 0 Å². The smallest absolute Gasteiger partial charge is 0.0558 e. The third kappa shape index (κ3) is 6.71. The van der Waals surface area contributed by atoms with Crippen molar-refractivity contribution in [3.8, 4) is 0 Å². The minimum Gasteiger partial charge on any atom is -0.395 e. The van der Waals surface area contributed by atoms with E-state index in [1.54, 1.807) is 0 Å². The van der Waals surface area contributed by atoms with Crippen molar-refractivity contribution in [2.24, 2.45) is 0 Å². The number of likely N-dealkylation sites (N-methyl/N-ethyl adjacent to an activating group) is 1. The van der Waals surface area contributed by atoms with Crippen molar-refractivity contribution in [3.05, 3.63) is 35.9 Å².